The number of anilines is 1. The van der Waals surface area contributed by atoms with Crippen LogP contribution in [0, 0.1) is 0 Å². The molecule has 0 atom stereocenters. The van der Waals surface area contributed by atoms with Crippen LogP contribution < -0.4 is 10.6 Å². The van der Waals surface area contributed by atoms with Crippen LogP contribution in [0.15, 0.2) is 42.5 Å². The highest BCUT2D eigenvalue weighted by atomic mass is 35.5. The summed E-state index contributed by atoms with van der Waals surface area (Å²) in [7, 11) is 0. The molecule has 2 aromatic carbocycles. The maximum atomic E-state index is 12.2. The van der Waals surface area contributed by atoms with E-state index in [-0.39, 0.29) is 5.91 Å². The van der Waals surface area contributed by atoms with Crippen LogP contribution in [0.4, 0.5) is 5.69 Å². The average molecular weight is 351 g/mol. The van der Waals surface area contributed by atoms with Crippen molar-refractivity contribution in [1.82, 2.24) is 5.32 Å². The van der Waals surface area contributed by atoms with Crippen molar-refractivity contribution in [1.29, 1.82) is 0 Å². The molecular weight excluding hydrogens is 331 g/mol. The normalized spacial score (nSPS) is 10.6. The van der Waals surface area contributed by atoms with E-state index in [4.69, 9.17) is 23.2 Å². The summed E-state index contributed by atoms with van der Waals surface area (Å²) in [4.78, 5) is 12.2. The van der Waals surface area contributed by atoms with Gasteiger partial charge < -0.3 is 10.6 Å². The van der Waals surface area contributed by atoms with E-state index in [9.17, 15) is 4.79 Å². The van der Waals surface area contributed by atoms with Gasteiger partial charge in [0.15, 0.2) is 0 Å². The van der Waals surface area contributed by atoms with Crippen LogP contribution in [-0.4, -0.2) is 12.5 Å². The summed E-state index contributed by atoms with van der Waals surface area (Å²) in [5, 5.41) is 7.43. The second-order valence-corrected chi connectivity index (χ2v) is 6.07. The van der Waals surface area contributed by atoms with Gasteiger partial charge >= 0.3 is 0 Å². The quantitative estimate of drug-likeness (QED) is 0.761. The fourth-order valence-electron chi connectivity index (χ4n) is 2.24. The number of carbonyl (C=O) groups excluding carboxylic acids is 1. The Morgan fingerprint density at radius 2 is 1.87 bits per heavy atom. The highest BCUT2D eigenvalue weighted by Crippen LogP contribution is 2.22. The first-order valence-corrected chi connectivity index (χ1v) is 8.38. The smallest absolute Gasteiger partial charge is 0.224 e. The van der Waals surface area contributed by atoms with Crippen molar-refractivity contribution in [2.45, 2.75) is 26.3 Å². The second kappa shape index (κ2) is 8.92. The number of aryl methyl sites for hydroxylation is 1. The van der Waals surface area contributed by atoms with Crippen LogP contribution in [-0.2, 0) is 17.8 Å². The van der Waals surface area contributed by atoms with Crippen LogP contribution in [0.25, 0.3) is 0 Å². The first-order chi connectivity index (χ1) is 11.1. The highest BCUT2D eigenvalue weighted by Gasteiger charge is 2.08. The molecule has 0 aliphatic heterocycles. The number of para-hydroxylation sites is 1. The molecule has 0 bridgehead atoms. The van der Waals surface area contributed by atoms with Crippen molar-refractivity contribution in [3.05, 3.63) is 63.6 Å². The first kappa shape index (κ1) is 17.8. The monoisotopic (exact) mass is 350 g/mol. The van der Waals surface area contributed by atoms with Crippen molar-refractivity contribution < 1.29 is 4.79 Å². The Balaban J connectivity index is 1.94. The van der Waals surface area contributed by atoms with Crippen LogP contribution >= 0.6 is 23.2 Å². The zero-order valence-electron chi connectivity index (χ0n) is 13.0. The van der Waals surface area contributed by atoms with Crippen LogP contribution in [0.5, 0.6) is 0 Å². The molecular formula is C18H20Cl2N2O. The molecule has 0 aliphatic rings. The fourth-order valence-corrected chi connectivity index (χ4v) is 2.74. The summed E-state index contributed by atoms with van der Waals surface area (Å²) in [6, 6.07) is 13.1. The third kappa shape index (κ3) is 5.54. The lowest BCUT2D eigenvalue weighted by Gasteiger charge is -2.11. The van der Waals surface area contributed by atoms with Crippen LogP contribution in [0.3, 0.4) is 0 Å². The van der Waals surface area contributed by atoms with Gasteiger partial charge in [-0.15, -0.1) is 0 Å². The lowest BCUT2D eigenvalue weighted by molar-refractivity contribution is -0.116. The lowest BCUT2D eigenvalue weighted by atomic mass is 10.1. The molecule has 0 saturated carbocycles. The van der Waals surface area contributed by atoms with Gasteiger partial charge in [0.25, 0.3) is 0 Å². The summed E-state index contributed by atoms with van der Waals surface area (Å²) in [6.45, 7) is 3.67. The van der Waals surface area contributed by atoms with Crippen molar-refractivity contribution in [3.63, 3.8) is 0 Å². The zero-order chi connectivity index (χ0) is 16.7. The minimum atomic E-state index is -0.0278. The van der Waals surface area contributed by atoms with Gasteiger partial charge in [0, 0.05) is 28.7 Å². The van der Waals surface area contributed by atoms with E-state index in [2.05, 4.69) is 17.6 Å². The third-order valence-electron chi connectivity index (χ3n) is 3.49. The molecule has 122 valence electrons. The Bertz CT molecular complexity index is 674. The van der Waals surface area contributed by atoms with Gasteiger partial charge in [-0.1, -0.05) is 54.4 Å². The van der Waals surface area contributed by atoms with Gasteiger partial charge in [-0.05, 0) is 42.3 Å². The third-order valence-corrected chi connectivity index (χ3v) is 4.08. The summed E-state index contributed by atoms with van der Waals surface area (Å²) in [5.74, 6) is -0.0278. The Morgan fingerprint density at radius 3 is 2.61 bits per heavy atom. The molecule has 0 radical (unpaired) electrons. The van der Waals surface area contributed by atoms with Gasteiger partial charge in [-0.25, -0.2) is 0 Å². The summed E-state index contributed by atoms with van der Waals surface area (Å²) in [5.41, 5.74) is 2.85. The van der Waals surface area contributed by atoms with Crippen molar-refractivity contribution >= 4 is 34.8 Å². The average Bonchev–Trinajstić information content (AvgIpc) is 2.53. The molecule has 0 aliphatic carbocycles. The molecule has 2 rings (SSSR count). The molecule has 0 spiro atoms. The standard InChI is InChI=1S/C18H20Cl2N2O/c1-2-21-12-14-5-3-4-6-17(14)22-18(23)10-8-13-7-9-15(19)11-16(13)20/h3-7,9,11,21H,2,8,10,12H2,1H3,(H,22,23). The van der Waals surface area contributed by atoms with Crippen molar-refractivity contribution in [2.24, 2.45) is 0 Å². The zero-order valence-corrected chi connectivity index (χ0v) is 14.5. The molecule has 0 saturated heterocycles. The maximum absolute atomic E-state index is 12.2. The van der Waals surface area contributed by atoms with Crippen LogP contribution in [0.2, 0.25) is 10.0 Å². The van der Waals surface area contributed by atoms with Gasteiger partial charge in [0.2, 0.25) is 5.91 Å². The molecule has 3 nitrogen and oxygen atoms in total. The van der Waals surface area contributed by atoms with E-state index in [0.717, 1.165) is 29.9 Å². The summed E-state index contributed by atoms with van der Waals surface area (Å²) < 4.78 is 0. The molecule has 0 heterocycles. The van der Waals surface area contributed by atoms with Gasteiger partial charge in [0.05, 0.1) is 0 Å². The highest BCUT2D eigenvalue weighted by molar-refractivity contribution is 6.35. The van der Waals surface area contributed by atoms with Gasteiger partial charge in [-0.2, -0.15) is 0 Å². The maximum Gasteiger partial charge on any atom is 0.224 e. The largest absolute Gasteiger partial charge is 0.326 e. The number of hydrogen-bond acceptors (Lipinski definition) is 2. The number of hydrogen-bond donors (Lipinski definition) is 2. The Labute approximate surface area is 147 Å². The Morgan fingerprint density at radius 1 is 1.09 bits per heavy atom. The van der Waals surface area contributed by atoms with Crippen LogP contribution in [0.1, 0.15) is 24.5 Å². The van der Waals surface area contributed by atoms with Gasteiger partial charge in [-0.3, -0.25) is 4.79 Å². The first-order valence-electron chi connectivity index (χ1n) is 7.62. The molecule has 23 heavy (non-hydrogen) atoms. The number of halogens is 2. The number of nitrogens with one attached hydrogen (secondary N) is 2. The van der Waals surface area contributed by atoms with E-state index >= 15 is 0 Å². The number of rotatable bonds is 7. The number of carbonyl (C=O) groups is 1. The molecule has 2 N–H and O–H groups in total. The molecule has 1 amide bonds. The molecule has 5 heteroatoms. The Hall–Kier alpha value is -1.55. The topological polar surface area (TPSA) is 41.1 Å². The van der Waals surface area contributed by atoms with E-state index in [0.29, 0.717) is 22.9 Å². The number of benzene rings is 2. The molecule has 0 unspecified atom stereocenters. The van der Waals surface area contributed by atoms with E-state index < -0.39 is 0 Å². The Kier molecular flexibility index (Phi) is 6.90. The van der Waals surface area contributed by atoms with E-state index in [1.54, 1.807) is 12.1 Å². The molecule has 0 fully saturated rings. The predicted molar refractivity (Wildman–Crippen MR) is 97.2 cm³/mol. The summed E-state index contributed by atoms with van der Waals surface area (Å²) >= 11 is 12.0. The second-order valence-electron chi connectivity index (χ2n) is 5.22. The number of amides is 1. The predicted octanol–water partition coefficient (Wildman–Crippen LogP) is 4.67. The van der Waals surface area contributed by atoms with Gasteiger partial charge in [0.1, 0.15) is 0 Å². The SMILES string of the molecule is CCNCc1ccccc1NC(=O)CCc1ccc(Cl)cc1Cl. The van der Waals surface area contributed by atoms with Crippen molar-refractivity contribution in [2.75, 3.05) is 11.9 Å². The molecule has 2 aromatic rings. The minimum absolute atomic E-state index is 0.0278. The lowest BCUT2D eigenvalue weighted by Crippen LogP contribution is -2.17. The molecule has 0 aromatic heterocycles. The minimum Gasteiger partial charge on any atom is -0.326 e. The summed E-state index contributed by atoms with van der Waals surface area (Å²) in [6.07, 6.45) is 0.952. The van der Waals surface area contributed by atoms with E-state index in [1.807, 2.05) is 30.3 Å². The fraction of sp³-hybridized carbons (Fsp3) is 0.278. The van der Waals surface area contributed by atoms with E-state index in [1.165, 1.54) is 0 Å². The van der Waals surface area contributed by atoms with Crippen molar-refractivity contribution in [3.8, 4) is 0 Å².